The number of hydrogen-bond donors (Lipinski definition) is 1. The zero-order valence-electron chi connectivity index (χ0n) is 11.8. The molecule has 0 aromatic heterocycles. The standard InChI is InChI=1S/C15H26O3S/c1-2-19(17,18)8-4-7-15(16)10-11-9-14(15)13-6-3-5-12(11)13/h11-14,16H,2-10H2,1H3. The van der Waals surface area contributed by atoms with Crippen LogP contribution in [0.3, 0.4) is 0 Å². The second-order valence-corrected chi connectivity index (χ2v) is 9.48. The minimum absolute atomic E-state index is 0.224. The second kappa shape index (κ2) is 4.73. The molecule has 4 heteroatoms. The largest absolute Gasteiger partial charge is 0.390 e. The number of hydrogen-bond acceptors (Lipinski definition) is 3. The van der Waals surface area contributed by atoms with Crippen molar-refractivity contribution in [1.29, 1.82) is 0 Å². The lowest BCUT2D eigenvalue weighted by molar-refractivity contribution is -0.0521. The van der Waals surface area contributed by atoms with Gasteiger partial charge in [-0.15, -0.1) is 0 Å². The fraction of sp³-hybridized carbons (Fsp3) is 1.00. The van der Waals surface area contributed by atoms with Gasteiger partial charge in [0, 0.05) is 5.75 Å². The molecule has 2 bridgehead atoms. The molecule has 0 radical (unpaired) electrons. The summed E-state index contributed by atoms with van der Waals surface area (Å²) >= 11 is 0. The Morgan fingerprint density at radius 3 is 2.74 bits per heavy atom. The molecule has 3 aliphatic rings. The van der Waals surface area contributed by atoms with E-state index in [1.807, 2.05) is 0 Å². The van der Waals surface area contributed by atoms with E-state index in [-0.39, 0.29) is 11.5 Å². The van der Waals surface area contributed by atoms with E-state index in [2.05, 4.69) is 0 Å². The number of aliphatic hydroxyl groups is 1. The summed E-state index contributed by atoms with van der Waals surface area (Å²) in [5.41, 5.74) is -0.542. The van der Waals surface area contributed by atoms with Gasteiger partial charge in [0.1, 0.15) is 9.84 Å². The lowest BCUT2D eigenvalue weighted by Gasteiger charge is -2.39. The van der Waals surface area contributed by atoms with E-state index in [0.717, 1.165) is 24.2 Å². The van der Waals surface area contributed by atoms with Crippen LogP contribution in [0.25, 0.3) is 0 Å². The molecular weight excluding hydrogens is 260 g/mol. The van der Waals surface area contributed by atoms with Crippen LogP contribution in [-0.2, 0) is 9.84 Å². The second-order valence-electron chi connectivity index (χ2n) is 7.01. The first-order chi connectivity index (χ1) is 8.95. The van der Waals surface area contributed by atoms with Crippen LogP contribution in [0.1, 0.15) is 51.9 Å². The van der Waals surface area contributed by atoms with Gasteiger partial charge >= 0.3 is 0 Å². The Hall–Kier alpha value is -0.0900. The van der Waals surface area contributed by atoms with E-state index >= 15 is 0 Å². The molecule has 3 rings (SSSR count). The predicted molar refractivity (Wildman–Crippen MR) is 75.6 cm³/mol. The fourth-order valence-electron chi connectivity index (χ4n) is 5.27. The van der Waals surface area contributed by atoms with Crippen LogP contribution in [0.2, 0.25) is 0 Å². The van der Waals surface area contributed by atoms with Gasteiger partial charge in [0.2, 0.25) is 0 Å². The molecule has 3 saturated carbocycles. The van der Waals surface area contributed by atoms with Crippen molar-refractivity contribution in [3.8, 4) is 0 Å². The summed E-state index contributed by atoms with van der Waals surface area (Å²) in [6.45, 7) is 1.70. The van der Waals surface area contributed by atoms with Gasteiger partial charge in [-0.2, -0.15) is 0 Å². The third kappa shape index (κ3) is 2.35. The Balaban J connectivity index is 1.60. The summed E-state index contributed by atoms with van der Waals surface area (Å²) in [6, 6.07) is 0. The molecule has 3 fully saturated rings. The summed E-state index contributed by atoms with van der Waals surface area (Å²) in [5.74, 6) is 3.29. The fourth-order valence-corrected chi connectivity index (χ4v) is 6.14. The average molecular weight is 286 g/mol. The molecule has 0 saturated heterocycles. The SMILES string of the molecule is CCS(=O)(=O)CCCC1(O)CC2CC1C1CCCC21. The zero-order valence-corrected chi connectivity index (χ0v) is 12.7. The third-order valence-electron chi connectivity index (χ3n) is 6.11. The molecule has 110 valence electrons. The van der Waals surface area contributed by atoms with Crippen molar-refractivity contribution >= 4 is 9.84 Å². The van der Waals surface area contributed by atoms with Crippen LogP contribution in [0, 0.1) is 23.7 Å². The van der Waals surface area contributed by atoms with E-state index in [1.165, 1.54) is 25.7 Å². The lowest BCUT2D eigenvalue weighted by Crippen LogP contribution is -2.41. The molecule has 0 aromatic rings. The highest BCUT2D eigenvalue weighted by Crippen LogP contribution is 2.63. The molecule has 0 heterocycles. The molecular formula is C15H26O3S. The predicted octanol–water partition coefficient (Wildman–Crippen LogP) is 2.39. The summed E-state index contributed by atoms with van der Waals surface area (Å²) in [5, 5.41) is 10.9. The molecule has 0 spiro atoms. The maximum absolute atomic E-state index is 11.5. The first-order valence-corrected chi connectivity index (χ1v) is 9.70. The van der Waals surface area contributed by atoms with Gasteiger partial charge in [-0.3, -0.25) is 0 Å². The van der Waals surface area contributed by atoms with Crippen molar-refractivity contribution in [2.24, 2.45) is 23.7 Å². The molecule has 0 aliphatic heterocycles. The van der Waals surface area contributed by atoms with Gasteiger partial charge in [0.15, 0.2) is 0 Å². The van der Waals surface area contributed by atoms with Gasteiger partial charge in [-0.25, -0.2) is 8.42 Å². The molecule has 5 unspecified atom stereocenters. The van der Waals surface area contributed by atoms with Crippen molar-refractivity contribution in [2.45, 2.75) is 57.5 Å². The summed E-state index contributed by atoms with van der Waals surface area (Å²) in [6.07, 6.45) is 7.46. The topological polar surface area (TPSA) is 54.4 Å². The first-order valence-electron chi connectivity index (χ1n) is 7.88. The molecule has 3 nitrogen and oxygen atoms in total. The van der Waals surface area contributed by atoms with Gasteiger partial charge < -0.3 is 5.11 Å². The van der Waals surface area contributed by atoms with Gasteiger partial charge in [-0.1, -0.05) is 13.3 Å². The minimum atomic E-state index is -2.88. The molecule has 19 heavy (non-hydrogen) atoms. The van der Waals surface area contributed by atoms with Crippen LogP contribution in [0.15, 0.2) is 0 Å². The van der Waals surface area contributed by atoms with Crippen molar-refractivity contribution in [1.82, 2.24) is 0 Å². The van der Waals surface area contributed by atoms with Crippen LogP contribution in [0.5, 0.6) is 0 Å². The Morgan fingerprint density at radius 1 is 1.26 bits per heavy atom. The van der Waals surface area contributed by atoms with Gasteiger partial charge in [0.25, 0.3) is 0 Å². The summed E-state index contributed by atoms with van der Waals surface area (Å²) in [4.78, 5) is 0. The Morgan fingerprint density at radius 2 is 2.00 bits per heavy atom. The highest BCUT2D eigenvalue weighted by molar-refractivity contribution is 7.91. The van der Waals surface area contributed by atoms with Crippen LogP contribution in [0.4, 0.5) is 0 Å². The van der Waals surface area contributed by atoms with Crippen molar-refractivity contribution in [2.75, 3.05) is 11.5 Å². The zero-order chi connectivity index (χ0) is 13.7. The van der Waals surface area contributed by atoms with Gasteiger partial charge in [-0.05, 0) is 62.2 Å². The monoisotopic (exact) mass is 286 g/mol. The minimum Gasteiger partial charge on any atom is -0.390 e. The number of fused-ring (bicyclic) bond motifs is 5. The quantitative estimate of drug-likeness (QED) is 0.844. The van der Waals surface area contributed by atoms with E-state index in [0.29, 0.717) is 18.8 Å². The van der Waals surface area contributed by atoms with E-state index in [9.17, 15) is 13.5 Å². The summed E-state index contributed by atoms with van der Waals surface area (Å²) < 4.78 is 23.1. The molecule has 0 amide bonds. The van der Waals surface area contributed by atoms with Crippen LogP contribution >= 0.6 is 0 Å². The van der Waals surface area contributed by atoms with Crippen molar-refractivity contribution in [3.05, 3.63) is 0 Å². The average Bonchev–Trinajstić information content (AvgIpc) is 2.99. The van der Waals surface area contributed by atoms with E-state index < -0.39 is 15.4 Å². The Kier molecular flexibility index (Phi) is 3.45. The maximum atomic E-state index is 11.5. The maximum Gasteiger partial charge on any atom is 0.150 e. The van der Waals surface area contributed by atoms with Crippen LogP contribution < -0.4 is 0 Å². The number of rotatable bonds is 5. The molecule has 1 N–H and O–H groups in total. The smallest absolute Gasteiger partial charge is 0.150 e. The summed E-state index contributed by atoms with van der Waals surface area (Å²) in [7, 11) is -2.88. The van der Waals surface area contributed by atoms with Crippen molar-refractivity contribution < 1.29 is 13.5 Å². The van der Waals surface area contributed by atoms with Gasteiger partial charge in [0.05, 0.1) is 11.4 Å². The van der Waals surface area contributed by atoms with E-state index in [1.54, 1.807) is 6.92 Å². The van der Waals surface area contributed by atoms with Crippen molar-refractivity contribution in [3.63, 3.8) is 0 Å². The Bertz CT molecular complexity index is 444. The number of sulfone groups is 1. The first kappa shape index (κ1) is 13.9. The highest BCUT2D eigenvalue weighted by atomic mass is 32.2. The Labute approximate surface area is 116 Å². The molecule has 5 atom stereocenters. The molecule has 0 aromatic carbocycles. The highest BCUT2D eigenvalue weighted by Gasteiger charge is 2.59. The molecule has 3 aliphatic carbocycles. The van der Waals surface area contributed by atoms with E-state index in [4.69, 9.17) is 0 Å². The van der Waals surface area contributed by atoms with Crippen LogP contribution in [-0.4, -0.2) is 30.6 Å². The normalized spacial score (nSPS) is 44.7. The lowest BCUT2D eigenvalue weighted by atomic mass is 9.71. The third-order valence-corrected chi connectivity index (χ3v) is 7.90.